The third-order valence-electron chi connectivity index (χ3n) is 3.09. The van der Waals surface area contributed by atoms with Gasteiger partial charge in [0.15, 0.2) is 0 Å². The van der Waals surface area contributed by atoms with Crippen LogP contribution in [0.3, 0.4) is 0 Å². The lowest BCUT2D eigenvalue weighted by Crippen LogP contribution is -2.37. The van der Waals surface area contributed by atoms with Gasteiger partial charge in [0.25, 0.3) is 0 Å². The van der Waals surface area contributed by atoms with Crippen LogP contribution in [0.2, 0.25) is 5.28 Å². The number of hydrogen-bond donors (Lipinski definition) is 0. The zero-order chi connectivity index (χ0) is 13.9. The van der Waals surface area contributed by atoms with Crippen molar-refractivity contribution in [3.8, 4) is 6.01 Å². The van der Waals surface area contributed by atoms with Crippen LogP contribution in [0.15, 0.2) is 0 Å². The molecule has 0 aliphatic carbocycles. The fraction of sp³-hybridized carbons (Fsp3) is 0.750. The van der Waals surface area contributed by atoms with Crippen LogP contribution in [0.1, 0.15) is 27.2 Å². The molecule has 1 aromatic heterocycles. The third-order valence-corrected chi connectivity index (χ3v) is 3.26. The smallest absolute Gasteiger partial charge is 0.323 e. The summed E-state index contributed by atoms with van der Waals surface area (Å²) in [6, 6.07) is 0.272. The molecule has 0 spiro atoms. The summed E-state index contributed by atoms with van der Waals surface area (Å²) >= 11 is 5.94. The van der Waals surface area contributed by atoms with Crippen molar-refractivity contribution in [3.63, 3.8) is 0 Å². The van der Waals surface area contributed by atoms with Gasteiger partial charge >= 0.3 is 6.01 Å². The van der Waals surface area contributed by atoms with E-state index >= 15 is 0 Å². The maximum Gasteiger partial charge on any atom is 0.323 e. The lowest BCUT2D eigenvalue weighted by molar-refractivity contribution is 0.0917. The Balaban J connectivity index is 2.19. The van der Waals surface area contributed by atoms with Gasteiger partial charge < -0.3 is 14.4 Å². The normalized spacial score (nSPS) is 16.5. The topological polar surface area (TPSA) is 60.4 Å². The number of ether oxygens (including phenoxy) is 2. The van der Waals surface area contributed by atoms with Crippen LogP contribution in [0.4, 0.5) is 5.95 Å². The fourth-order valence-corrected chi connectivity index (χ4v) is 1.74. The highest BCUT2D eigenvalue weighted by atomic mass is 35.5. The van der Waals surface area contributed by atoms with Crippen LogP contribution in [-0.2, 0) is 4.74 Å². The van der Waals surface area contributed by atoms with E-state index in [4.69, 9.17) is 21.1 Å². The first kappa shape index (κ1) is 14.3. The maximum atomic E-state index is 5.94. The zero-order valence-electron chi connectivity index (χ0n) is 11.5. The van der Waals surface area contributed by atoms with Gasteiger partial charge in [0, 0.05) is 13.1 Å². The van der Waals surface area contributed by atoms with E-state index in [0.29, 0.717) is 19.2 Å². The number of aromatic nitrogens is 3. The van der Waals surface area contributed by atoms with Crippen LogP contribution in [-0.4, -0.2) is 46.9 Å². The molecule has 19 heavy (non-hydrogen) atoms. The van der Waals surface area contributed by atoms with Gasteiger partial charge in [0.05, 0.1) is 13.2 Å². The van der Waals surface area contributed by atoms with Gasteiger partial charge in [-0.05, 0) is 31.9 Å². The van der Waals surface area contributed by atoms with Crippen LogP contribution >= 0.6 is 11.6 Å². The Morgan fingerprint density at radius 1 is 1.26 bits per heavy atom. The summed E-state index contributed by atoms with van der Waals surface area (Å²) in [6.45, 7) is 8.84. The predicted octanol–water partition coefficient (Wildman–Crippen LogP) is 1.93. The minimum atomic E-state index is -0.326. The van der Waals surface area contributed by atoms with Crippen LogP contribution in [0, 0.1) is 0 Å². The molecule has 1 aromatic rings. The molecule has 1 fully saturated rings. The predicted molar refractivity (Wildman–Crippen MR) is 72.9 cm³/mol. The van der Waals surface area contributed by atoms with Gasteiger partial charge in [-0.2, -0.15) is 15.0 Å². The van der Waals surface area contributed by atoms with Crippen molar-refractivity contribution in [1.82, 2.24) is 15.0 Å². The van der Waals surface area contributed by atoms with Gasteiger partial charge in [-0.25, -0.2) is 0 Å². The molecule has 0 saturated carbocycles. The number of rotatable bonds is 4. The number of hydrogen-bond acceptors (Lipinski definition) is 6. The molecule has 2 rings (SSSR count). The Morgan fingerprint density at radius 2 is 1.95 bits per heavy atom. The summed E-state index contributed by atoms with van der Waals surface area (Å²) in [5.41, 5.74) is -0.326. The number of nitrogens with zero attached hydrogens (tertiary/aromatic N) is 4. The van der Waals surface area contributed by atoms with Crippen LogP contribution in [0.25, 0.3) is 0 Å². The lowest BCUT2D eigenvalue weighted by Gasteiger charge is -2.28. The van der Waals surface area contributed by atoms with Gasteiger partial charge in [-0.3, -0.25) is 0 Å². The van der Waals surface area contributed by atoms with E-state index in [2.05, 4.69) is 15.0 Å². The molecule has 0 amide bonds. The average molecular weight is 287 g/mol. The highest BCUT2D eigenvalue weighted by molar-refractivity contribution is 6.28. The van der Waals surface area contributed by atoms with E-state index in [1.165, 1.54) is 0 Å². The molecular formula is C12H19ClN4O2. The fourth-order valence-electron chi connectivity index (χ4n) is 1.59. The average Bonchev–Trinajstić information content (AvgIpc) is 2.38. The highest BCUT2D eigenvalue weighted by Crippen LogP contribution is 2.21. The minimum absolute atomic E-state index is 0.151. The largest absolute Gasteiger partial charge is 0.457 e. The van der Waals surface area contributed by atoms with Crippen molar-refractivity contribution < 1.29 is 9.47 Å². The van der Waals surface area contributed by atoms with Crippen molar-refractivity contribution in [2.45, 2.75) is 32.8 Å². The molecule has 106 valence electrons. The van der Waals surface area contributed by atoms with Crippen molar-refractivity contribution in [2.24, 2.45) is 0 Å². The first-order valence-corrected chi connectivity index (χ1v) is 6.81. The van der Waals surface area contributed by atoms with Gasteiger partial charge in [0.1, 0.15) is 5.60 Å². The van der Waals surface area contributed by atoms with Crippen molar-refractivity contribution in [3.05, 3.63) is 5.28 Å². The second-order valence-corrected chi connectivity index (χ2v) is 5.34. The van der Waals surface area contributed by atoms with Crippen LogP contribution < -0.4 is 9.64 Å². The SMILES string of the molecule is CCC(C)(C)Oc1nc(Cl)nc(N2CCOCC2)n1. The second-order valence-electron chi connectivity index (χ2n) is 5.00. The van der Waals surface area contributed by atoms with E-state index < -0.39 is 0 Å². The summed E-state index contributed by atoms with van der Waals surface area (Å²) < 4.78 is 11.1. The Labute approximate surface area is 118 Å². The monoisotopic (exact) mass is 286 g/mol. The lowest BCUT2D eigenvalue weighted by atomic mass is 10.1. The van der Waals surface area contributed by atoms with Crippen LogP contribution in [0.5, 0.6) is 6.01 Å². The van der Waals surface area contributed by atoms with Gasteiger partial charge in [0.2, 0.25) is 11.2 Å². The first-order valence-electron chi connectivity index (χ1n) is 6.43. The van der Waals surface area contributed by atoms with Gasteiger partial charge in [-0.1, -0.05) is 6.92 Å². The molecule has 2 heterocycles. The molecule has 0 N–H and O–H groups in total. The molecule has 1 saturated heterocycles. The van der Waals surface area contributed by atoms with Gasteiger partial charge in [-0.15, -0.1) is 0 Å². The number of anilines is 1. The highest BCUT2D eigenvalue weighted by Gasteiger charge is 2.21. The minimum Gasteiger partial charge on any atom is -0.457 e. The summed E-state index contributed by atoms with van der Waals surface area (Å²) in [7, 11) is 0. The first-order chi connectivity index (χ1) is 9.00. The Hall–Kier alpha value is -1.14. The molecule has 0 bridgehead atoms. The summed E-state index contributed by atoms with van der Waals surface area (Å²) in [5.74, 6) is 0.546. The van der Waals surface area contributed by atoms with Crippen molar-refractivity contribution in [1.29, 1.82) is 0 Å². The molecule has 1 aliphatic rings. The molecular weight excluding hydrogens is 268 g/mol. The second kappa shape index (κ2) is 5.88. The Bertz CT molecular complexity index is 436. The number of halogens is 1. The quantitative estimate of drug-likeness (QED) is 0.843. The van der Waals surface area contributed by atoms with Crippen molar-refractivity contribution >= 4 is 17.5 Å². The van der Waals surface area contributed by atoms with E-state index in [-0.39, 0.29) is 16.9 Å². The zero-order valence-corrected chi connectivity index (χ0v) is 12.3. The van der Waals surface area contributed by atoms with E-state index in [1.54, 1.807) is 0 Å². The summed E-state index contributed by atoms with van der Waals surface area (Å²) in [5, 5.41) is 0.151. The molecule has 1 aliphatic heterocycles. The third kappa shape index (κ3) is 3.91. The Kier molecular flexibility index (Phi) is 4.42. The van der Waals surface area contributed by atoms with E-state index in [1.807, 2.05) is 25.7 Å². The maximum absolute atomic E-state index is 5.94. The summed E-state index contributed by atoms with van der Waals surface area (Å²) in [6.07, 6.45) is 0.850. The molecule has 0 aromatic carbocycles. The van der Waals surface area contributed by atoms with Crippen molar-refractivity contribution in [2.75, 3.05) is 31.2 Å². The summed E-state index contributed by atoms with van der Waals surface area (Å²) in [4.78, 5) is 14.5. The molecule has 7 heteroatoms. The van der Waals surface area contributed by atoms with E-state index in [0.717, 1.165) is 19.5 Å². The number of morpholine rings is 1. The molecule has 0 radical (unpaired) electrons. The van der Waals surface area contributed by atoms with E-state index in [9.17, 15) is 0 Å². The molecule has 0 atom stereocenters. The molecule has 0 unspecified atom stereocenters. The Morgan fingerprint density at radius 3 is 2.58 bits per heavy atom. The molecule has 6 nitrogen and oxygen atoms in total. The standard InChI is InChI=1S/C12H19ClN4O2/c1-4-12(2,3)19-11-15-9(13)14-10(16-11)17-5-7-18-8-6-17/h4-8H2,1-3H3.